The van der Waals surface area contributed by atoms with Crippen molar-refractivity contribution in [1.82, 2.24) is 0 Å². The van der Waals surface area contributed by atoms with Crippen molar-refractivity contribution in [3.63, 3.8) is 0 Å². The van der Waals surface area contributed by atoms with Crippen molar-refractivity contribution in [2.45, 2.75) is 12.2 Å². The van der Waals surface area contributed by atoms with E-state index in [0.29, 0.717) is 11.1 Å². The highest BCUT2D eigenvalue weighted by molar-refractivity contribution is 5.86. The molecule has 6 nitrogen and oxygen atoms in total. The molecule has 108 valence electrons. The van der Waals surface area contributed by atoms with Crippen LogP contribution < -0.4 is 0 Å². The summed E-state index contributed by atoms with van der Waals surface area (Å²) in [6.45, 7) is 0. The summed E-state index contributed by atoms with van der Waals surface area (Å²) in [6, 6.07) is 6.32. The van der Waals surface area contributed by atoms with Crippen LogP contribution in [-0.4, -0.2) is 42.5 Å². The van der Waals surface area contributed by atoms with Gasteiger partial charge in [0.25, 0.3) is 0 Å². The highest BCUT2D eigenvalue weighted by Crippen LogP contribution is 2.18. The number of methoxy groups -OCH3 is 2. The monoisotopic (exact) mass is 280 g/mol. The number of benzene rings is 1. The highest BCUT2D eigenvalue weighted by Gasteiger charge is 2.26. The fourth-order valence-corrected chi connectivity index (χ4v) is 1.47. The normalized spacial score (nSPS) is 13.8. The number of carbonyl (C=O) groups excluding carboxylic acids is 2. The van der Waals surface area contributed by atoms with Crippen molar-refractivity contribution in [2.75, 3.05) is 14.2 Å². The summed E-state index contributed by atoms with van der Waals surface area (Å²) in [4.78, 5) is 22.0. The quantitative estimate of drug-likeness (QED) is 0.600. The summed E-state index contributed by atoms with van der Waals surface area (Å²) in [6.07, 6.45) is -0.217. The molecule has 0 saturated carbocycles. The lowest BCUT2D eigenvalue weighted by Crippen LogP contribution is -2.28. The third kappa shape index (κ3) is 4.18. The first kappa shape index (κ1) is 15.9. The van der Waals surface area contributed by atoms with Crippen molar-refractivity contribution < 1.29 is 29.3 Å². The lowest BCUT2D eigenvalue weighted by molar-refractivity contribution is -0.156. The maximum Gasteiger partial charge on any atom is 0.337 e. The Balaban J connectivity index is 2.78. The number of hydrogen-bond acceptors (Lipinski definition) is 6. The van der Waals surface area contributed by atoms with Crippen LogP contribution in [0.2, 0.25) is 0 Å². The maximum absolute atomic E-state index is 11.1. The van der Waals surface area contributed by atoms with Crippen LogP contribution in [0.5, 0.6) is 0 Å². The minimum atomic E-state index is -1.64. The van der Waals surface area contributed by atoms with Gasteiger partial charge in [-0.3, -0.25) is 0 Å². The zero-order chi connectivity index (χ0) is 15.1. The van der Waals surface area contributed by atoms with Gasteiger partial charge in [0, 0.05) is 6.08 Å². The van der Waals surface area contributed by atoms with Crippen molar-refractivity contribution in [1.29, 1.82) is 0 Å². The third-order valence-electron chi connectivity index (χ3n) is 2.63. The van der Waals surface area contributed by atoms with E-state index < -0.39 is 24.1 Å². The second kappa shape index (κ2) is 7.42. The van der Waals surface area contributed by atoms with Gasteiger partial charge in [-0.05, 0) is 17.2 Å². The summed E-state index contributed by atoms with van der Waals surface area (Å²) in [7, 11) is 2.40. The SMILES string of the molecule is COC(=O)/C=C/c1ccc(C(O)C(O)C(=O)OC)cc1. The summed E-state index contributed by atoms with van der Waals surface area (Å²) >= 11 is 0. The minimum Gasteiger partial charge on any atom is -0.467 e. The molecule has 1 aromatic rings. The average molecular weight is 280 g/mol. The molecule has 20 heavy (non-hydrogen) atoms. The number of aliphatic hydroxyl groups is 2. The summed E-state index contributed by atoms with van der Waals surface area (Å²) in [5, 5.41) is 19.3. The molecular formula is C14H16O6. The summed E-state index contributed by atoms with van der Waals surface area (Å²) < 4.78 is 8.80. The lowest BCUT2D eigenvalue weighted by atomic mass is 10.0. The molecule has 1 aromatic carbocycles. The van der Waals surface area contributed by atoms with Crippen LogP contribution in [0.15, 0.2) is 30.3 Å². The van der Waals surface area contributed by atoms with Gasteiger partial charge in [0.2, 0.25) is 0 Å². The number of hydrogen-bond donors (Lipinski definition) is 2. The minimum absolute atomic E-state index is 0.359. The van der Waals surface area contributed by atoms with E-state index in [0.717, 1.165) is 7.11 Å². The van der Waals surface area contributed by atoms with Gasteiger partial charge in [-0.1, -0.05) is 24.3 Å². The first-order valence-corrected chi connectivity index (χ1v) is 5.79. The zero-order valence-electron chi connectivity index (χ0n) is 11.1. The van der Waals surface area contributed by atoms with Crippen LogP contribution >= 0.6 is 0 Å². The molecule has 2 unspecified atom stereocenters. The molecule has 0 aliphatic heterocycles. The Bertz CT molecular complexity index is 491. The molecule has 0 spiro atoms. The fourth-order valence-electron chi connectivity index (χ4n) is 1.47. The van der Waals surface area contributed by atoms with Crippen LogP contribution in [0.1, 0.15) is 17.2 Å². The summed E-state index contributed by atoms with van der Waals surface area (Å²) in [5.41, 5.74) is 1.07. The van der Waals surface area contributed by atoms with E-state index in [1.165, 1.54) is 25.3 Å². The third-order valence-corrected chi connectivity index (χ3v) is 2.63. The molecular weight excluding hydrogens is 264 g/mol. The van der Waals surface area contributed by atoms with Gasteiger partial charge in [-0.25, -0.2) is 9.59 Å². The van der Waals surface area contributed by atoms with E-state index in [1.54, 1.807) is 18.2 Å². The van der Waals surface area contributed by atoms with Gasteiger partial charge < -0.3 is 19.7 Å². The molecule has 0 saturated heterocycles. The Kier molecular flexibility index (Phi) is 5.89. The second-order valence-corrected chi connectivity index (χ2v) is 3.94. The largest absolute Gasteiger partial charge is 0.467 e. The van der Waals surface area contributed by atoms with Crippen molar-refractivity contribution in [2.24, 2.45) is 0 Å². The molecule has 0 aromatic heterocycles. The maximum atomic E-state index is 11.1. The number of rotatable bonds is 5. The van der Waals surface area contributed by atoms with Crippen LogP contribution in [0.3, 0.4) is 0 Å². The molecule has 1 rings (SSSR count). The molecule has 0 radical (unpaired) electrons. The van der Waals surface area contributed by atoms with Crippen LogP contribution in [-0.2, 0) is 19.1 Å². The number of ether oxygens (including phenoxy) is 2. The van der Waals surface area contributed by atoms with E-state index in [-0.39, 0.29) is 0 Å². The van der Waals surface area contributed by atoms with Gasteiger partial charge in [-0.15, -0.1) is 0 Å². The van der Waals surface area contributed by atoms with Gasteiger partial charge in [-0.2, -0.15) is 0 Å². The van der Waals surface area contributed by atoms with Crippen LogP contribution in [0, 0.1) is 0 Å². The van der Waals surface area contributed by atoms with E-state index in [9.17, 15) is 19.8 Å². The lowest BCUT2D eigenvalue weighted by Gasteiger charge is -2.15. The van der Waals surface area contributed by atoms with Gasteiger partial charge in [0.15, 0.2) is 6.10 Å². The molecule has 0 amide bonds. The summed E-state index contributed by atoms with van der Waals surface area (Å²) in [5.74, 6) is -1.39. The highest BCUT2D eigenvalue weighted by atomic mass is 16.5. The Morgan fingerprint density at radius 2 is 1.70 bits per heavy atom. The molecule has 0 fully saturated rings. The molecule has 6 heteroatoms. The van der Waals surface area contributed by atoms with E-state index in [2.05, 4.69) is 9.47 Å². The zero-order valence-corrected chi connectivity index (χ0v) is 11.1. The van der Waals surface area contributed by atoms with E-state index >= 15 is 0 Å². The molecule has 0 aliphatic rings. The fraction of sp³-hybridized carbons (Fsp3) is 0.286. The first-order chi connectivity index (χ1) is 9.49. The predicted molar refractivity (Wildman–Crippen MR) is 70.5 cm³/mol. The van der Waals surface area contributed by atoms with Crippen LogP contribution in [0.25, 0.3) is 6.08 Å². The van der Waals surface area contributed by atoms with Crippen molar-refractivity contribution in [3.05, 3.63) is 41.5 Å². The van der Waals surface area contributed by atoms with Crippen LogP contribution in [0.4, 0.5) is 0 Å². The molecule has 0 aliphatic carbocycles. The topological polar surface area (TPSA) is 93.1 Å². The Morgan fingerprint density at radius 1 is 1.10 bits per heavy atom. The van der Waals surface area contributed by atoms with E-state index in [4.69, 9.17) is 0 Å². The first-order valence-electron chi connectivity index (χ1n) is 5.79. The molecule has 2 N–H and O–H groups in total. The van der Waals surface area contributed by atoms with Gasteiger partial charge in [0.1, 0.15) is 6.10 Å². The molecule has 2 atom stereocenters. The van der Waals surface area contributed by atoms with Gasteiger partial charge in [0.05, 0.1) is 14.2 Å². The number of esters is 2. The number of aliphatic hydroxyl groups excluding tert-OH is 2. The molecule has 0 heterocycles. The Hall–Kier alpha value is -2.18. The van der Waals surface area contributed by atoms with Crippen molar-refractivity contribution in [3.8, 4) is 0 Å². The number of carbonyl (C=O) groups is 2. The Morgan fingerprint density at radius 3 is 2.20 bits per heavy atom. The standard InChI is InChI=1S/C14H16O6/c1-19-11(15)8-5-9-3-6-10(7-4-9)12(16)13(17)14(18)20-2/h3-8,12-13,16-17H,1-2H3/b8-5+. The van der Waals surface area contributed by atoms with Gasteiger partial charge >= 0.3 is 11.9 Å². The Labute approximate surface area is 116 Å². The second-order valence-electron chi connectivity index (χ2n) is 3.94. The average Bonchev–Trinajstić information content (AvgIpc) is 2.50. The smallest absolute Gasteiger partial charge is 0.337 e. The predicted octanol–water partition coefficient (Wildman–Crippen LogP) is 0.440. The van der Waals surface area contributed by atoms with Crippen molar-refractivity contribution >= 4 is 18.0 Å². The molecule has 0 bridgehead atoms. The van der Waals surface area contributed by atoms with E-state index in [1.807, 2.05) is 0 Å².